The number of amides is 2. The van der Waals surface area contributed by atoms with Crippen LogP contribution in [-0.4, -0.2) is 38.3 Å². The van der Waals surface area contributed by atoms with Gasteiger partial charge in [-0.05, 0) is 58.1 Å². The standard InChI is InChI=1S/C21H25BrN2O4S/c1-14(2)15-7-6-8-16(13-15)23-21(26)19(11-12-29(3,27)28)24-20(25)17-9-4-5-10-18(17)22/h4-10,13-14,19H,11-12H2,1-3H3,(H,23,26)(H,24,25). The van der Waals surface area contributed by atoms with Crippen LogP contribution in [0.1, 0.15) is 42.1 Å². The molecule has 0 fully saturated rings. The highest BCUT2D eigenvalue weighted by Gasteiger charge is 2.24. The van der Waals surface area contributed by atoms with E-state index in [2.05, 4.69) is 26.6 Å². The van der Waals surface area contributed by atoms with Gasteiger partial charge in [0.1, 0.15) is 15.9 Å². The van der Waals surface area contributed by atoms with Gasteiger partial charge in [-0.2, -0.15) is 0 Å². The van der Waals surface area contributed by atoms with Crippen molar-refractivity contribution in [3.05, 3.63) is 64.1 Å². The van der Waals surface area contributed by atoms with Gasteiger partial charge in [0.2, 0.25) is 5.91 Å². The summed E-state index contributed by atoms with van der Waals surface area (Å²) in [5, 5.41) is 5.44. The molecule has 2 amide bonds. The van der Waals surface area contributed by atoms with E-state index in [1.54, 1.807) is 30.3 Å². The molecule has 0 saturated carbocycles. The average Bonchev–Trinajstić information content (AvgIpc) is 2.64. The van der Waals surface area contributed by atoms with Crippen molar-refractivity contribution in [2.45, 2.75) is 32.2 Å². The molecule has 1 unspecified atom stereocenters. The molecule has 2 aromatic rings. The summed E-state index contributed by atoms with van der Waals surface area (Å²) in [6.45, 7) is 4.10. The number of benzene rings is 2. The molecule has 0 saturated heterocycles. The third-order valence-electron chi connectivity index (χ3n) is 4.34. The summed E-state index contributed by atoms with van der Waals surface area (Å²) in [5.41, 5.74) is 2.03. The number of hydrogen-bond donors (Lipinski definition) is 2. The number of anilines is 1. The van der Waals surface area contributed by atoms with Crippen LogP contribution in [0.25, 0.3) is 0 Å². The largest absolute Gasteiger partial charge is 0.340 e. The highest BCUT2D eigenvalue weighted by Crippen LogP contribution is 2.19. The number of hydrogen-bond acceptors (Lipinski definition) is 4. The maximum absolute atomic E-state index is 12.8. The molecule has 0 radical (unpaired) electrons. The second-order valence-corrected chi connectivity index (χ2v) is 10.3. The van der Waals surface area contributed by atoms with E-state index in [9.17, 15) is 18.0 Å². The highest BCUT2D eigenvalue weighted by atomic mass is 79.9. The lowest BCUT2D eigenvalue weighted by Gasteiger charge is -2.19. The van der Waals surface area contributed by atoms with Crippen LogP contribution in [0.2, 0.25) is 0 Å². The fourth-order valence-corrected chi connectivity index (χ4v) is 3.82. The van der Waals surface area contributed by atoms with Crippen molar-refractivity contribution in [1.29, 1.82) is 0 Å². The van der Waals surface area contributed by atoms with Crippen molar-refractivity contribution < 1.29 is 18.0 Å². The second-order valence-electron chi connectivity index (χ2n) is 7.19. The van der Waals surface area contributed by atoms with Crippen LogP contribution in [0.4, 0.5) is 5.69 Å². The Labute approximate surface area is 180 Å². The molecule has 0 aliphatic heterocycles. The molecule has 8 heteroatoms. The molecule has 1 atom stereocenters. The normalized spacial score (nSPS) is 12.4. The van der Waals surface area contributed by atoms with Gasteiger partial charge in [0.15, 0.2) is 0 Å². The first-order valence-corrected chi connectivity index (χ1v) is 12.1. The molecule has 2 aromatic carbocycles. The lowest BCUT2D eigenvalue weighted by Crippen LogP contribution is -2.44. The monoisotopic (exact) mass is 480 g/mol. The number of carbonyl (C=O) groups excluding carboxylic acids is 2. The minimum absolute atomic E-state index is 0.0231. The molecule has 2 rings (SSSR count). The van der Waals surface area contributed by atoms with Crippen molar-refractivity contribution in [1.82, 2.24) is 5.32 Å². The Kier molecular flexibility index (Phi) is 7.98. The maximum atomic E-state index is 12.8. The van der Waals surface area contributed by atoms with Gasteiger partial charge in [-0.15, -0.1) is 0 Å². The van der Waals surface area contributed by atoms with E-state index in [4.69, 9.17) is 0 Å². The minimum atomic E-state index is -3.29. The third kappa shape index (κ3) is 7.29. The van der Waals surface area contributed by atoms with Crippen molar-refractivity contribution >= 4 is 43.3 Å². The van der Waals surface area contributed by atoms with Crippen LogP contribution < -0.4 is 10.6 Å². The quantitative estimate of drug-likeness (QED) is 0.601. The van der Waals surface area contributed by atoms with E-state index in [0.29, 0.717) is 21.6 Å². The SMILES string of the molecule is CC(C)c1cccc(NC(=O)C(CCS(C)(=O)=O)NC(=O)c2ccccc2Br)c1. The Morgan fingerprint density at radius 2 is 1.76 bits per heavy atom. The van der Waals surface area contributed by atoms with E-state index >= 15 is 0 Å². The summed E-state index contributed by atoms with van der Waals surface area (Å²) >= 11 is 3.31. The zero-order valence-electron chi connectivity index (χ0n) is 16.6. The summed E-state index contributed by atoms with van der Waals surface area (Å²) in [4.78, 5) is 25.5. The van der Waals surface area contributed by atoms with Gasteiger partial charge in [-0.25, -0.2) is 8.42 Å². The second kappa shape index (κ2) is 10.0. The molecule has 0 bridgehead atoms. The molecule has 156 valence electrons. The smallest absolute Gasteiger partial charge is 0.253 e. The topological polar surface area (TPSA) is 92.3 Å². The van der Waals surface area contributed by atoms with E-state index in [-0.39, 0.29) is 12.2 Å². The van der Waals surface area contributed by atoms with E-state index < -0.39 is 27.7 Å². The first-order chi connectivity index (χ1) is 13.6. The molecule has 0 aliphatic carbocycles. The molecule has 6 nitrogen and oxygen atoms in total. The predicted molar refractivity (Wildman–Crippen MR) is 119 cm³/mol. The average molecular weight is 481 g/mol. The lowest BCUT2D eigenvalue weighted by atomic mass is 10.0. The summed E-state index contributed by atoms with van der Waals surface area (Å²) in [6.07, 6.45) is 1.08. The Bertz CT molecular complexity index is 990. The number of sulfone groups is 1. The van der Waals surface area contributed by atoms with Crippen molar-refractivity contribution in [2.75, 3.05) is 17.3 Å². The van der Waals surface area contributed by atoms with E-state index in [1.165, 1.54) is 0 Å². The van der Waals surface area contributed by atoms with Crippen LogP contribution >= 0.6 is 15.9 Å². The fourth-order valence-electron chi connectivity index (χ4n) is 2.69. The molecule has 0 spiro atoms. The highest BCUT2D eigenvalue weighted by molar-refractivity contribution is 9.10. The minimum Gasteiger partial charge on any atom is -0.340 e. The van der Waals surface area contributed by atoms with E-state index in [0.717, 1.165) is 11.8 Å². The summed E-state index contributed by atoms with van der Waals surface area (Å²) in [7, 11) is -3.29. The number of halogens is 1. The Morgan fingerprint density at radius 3 is 2.38 bits per heavy atom. The van der Waals surface area contributed by atoms with Gasteiger partial charge in [0.05, 0.1) is 11.3 Å². The first kappa shape index (κ1) is 23.1. The van der Waals surface area contributed by atoms with Crippen LogP contribution in [0, 0.1) is 0 Å². The zero-order chi connectivity index (χ0) is 21.6. The van der Waals surface area contributed by atoms with Gasteiger partial charge in [-0.1, -0.05) is 38.1 Å². The van der Waals surface area contributed by atoms with Crippen LogP contribution in [0.5, 0.6) is 0 Å². The van der Waals surface area contributed by atoms with Crippen LogP contribution in [0.15, 0.2) is 53.0 Å². The van der Waals surface area contributed by atoms with Crippen LogP contribution in [0.3, 0.4) is 0 Å². The molecule has 0 aliphatic rings. The predicted octanol–water partition coefficient (Wildman–Crippen LogP) is 3.74. The number of carbonyl (C=O) groups is 2. The van der Waals surface area contributed by atoms with Crippen molar-refractivity contribution in [3.63, 3.8) is 0 Å². The Balaban J connectivity index is 2.20. The van der Waals surface area contributed by atoms with Gasteiger partial charge in [-0.3, -0.25) is 9.59 Å². The zero-order valence-corrected chi connectivity index (χ0v) is 19.0. The van der Waals surface area contributed by atoms with E-state index in [1.807, 2.05) is 32.0 Å². The van der Waals surface area contributed by atoms with Gasteiger partial charge in [0, 0.05) is 16.4 Å². The molecular weight excluding hydrogens is 456 g/mol. The van der Waals surface area contributed by atoms with Gasteiger partial charge < -0.3 is 10.6 Å². The molecular formula is C21H25BrN2O4S. The number of nitrogens with one attached hydrogen (secondary N) is 2. The fraction of sp³-hybridized carbons (Fsp3) is 0.333. The summed E-state index contributed by atoms with van der Waals surface area (Å²) < 4.78 is 23.8. The first-order valence-electron chi connectivity index (χ1n) is 9.21. The van der Waals surface area contributed by atoms with Crippen molar-refractivity contribution in [2.24, 2.45) is 0 Å². The molecule has 0 heterocycles. The van der Waals surface area contributed by atoms with Gasteiger partial charge >= 0.3 is 0 Å². The lowest BCUT2D eigenvalue weighted by molar-refractivity contribution is -0.118. The Morgan fingerprint density at radius 1 is 1.07 bits per heavy atom. The third-order valence-corrected chi connectivity index (χ3v) is 6.01. The molecule has 29 heavy (non-hydrogen) atoms. The molecule has 0 aromatic heterocycles. The molecule has 2 N–H and O–H groups in total. The summed E-state index contributed by atoms with van der Waals surface area (Å²) in [6, 6.07) is 13.3. The summed E-state index contributed by atoms with van der Waals surface area (Å²) in [5.74, 6) is -0.840. The Hall–Kier alpha value is -2.19. The number of rotatable bonds is 8. The van der Waals surface area contributed by atoms with Crippen molar-refractivity contribution in [3.8, 4) is 0 Å². The maximum Gasteiger partial charge on any atom is 0.253 e. The van der Waals surface area contributed by atoms with Gasteiger partial charge in [0.25, 0.3) is 5.91 Å². The van der Waals surface area contributed by atoms with Crippen LogP contribution in [-0.2, 0) is 14.6 Å².